The van der Waals surface area contributed by atoms with Crippen LogP contribution in [0.5, 0.6) is 11.5 Å². The van der Waals surface area contributed by atoms with E-state index in [2.05, 4.69) is 0 Å². The van der Waals surface area contributed by atoms with E-state index in [1.807, 2.05) is 0 Å². The summed E-state index contributed by atoms with van der Waals surface area (Å²) in [7, 11) is 1.51. The average Bonchev–Trinajstić information content (AvgIpc) is 3.01. The van der Waals surface area contributed by atoms with Crippen LogP contribution in [-0.2, 0) is 4.74 Å². The number of phenolic OH excluding ortho intramolecular Hbond substituents is 1. The summed E-state index contributed by atoms with van der Waals surface area (Å²) in [5.74, 6) is -0.928. The van der Waals surface area contributed by atoms with Crippen LogP contribution in [0.15, 0.2) is 45.6 Å². The van der Waals surface area contributed by atoms with Crippen LogP contribution in [0, 0.1) is 5.82 Å². The fourth-order valence-electron chi connectivity index (χ4n) is 3.73. The maximum absolute atomic E-state index is 13.8. The summed E-state index contributed by atoms with van der Waals surface area (Å²) in [6.07, 6.45) is 0. The van der Waals surface area contributed by atoms with Crippen molar-refractivity contribution in [2.24, 2.45) is 0 Å². The summed E-state index contributed by atoms with van der Waals surface area (Å²) in [6, 6.07) is 7.46. The lowest BCUT2D eigenvalue weighted by Crippen LogP contribution is -2.32. The molecule has 2 aromatic carbocycles. The Labute approximate surface area is 171 Å². The molecule has 1 atom stereocenters. The number of amides is 1. The summed E-state index contributed by atoms with van der Waals surface area (Å²) < 4.78 is 30.1. The van der Waals surface area contributed by atoms with Crippen molar-refractivity contribution < 1.29 is 28.2 Å². The van der Waals surface area contributed by atoms with Gasteiger partial charge in [0.2, 0.25) is 5.76 Å². The van der Waals surface area contributed by atoms with Gasteiger partial charge in [-0.15, -0.1) is 0 Å². The Hall–Kier alpha value is -3.39. The standard InChI is InChI=1S/C22H20FNO6/c1-3-29-17-10-12(4-6-15(17)25)19-18-20(26)14-11-13(23)5-7-16(14)30-21(18)22(27)24(19)8-9-28-2/h4-7,10-11,19,25H,3,8-9H2,1-2H3. The Balaban J connectivity index is 1.95. The van der Waals surface area contributed by atoms with Crippen molar-refractivity contribution in [1.82, 2.24) is 4.90 Å². The van der Waals surface area contributed by atoms with Gasteiger partial charge in [-0.1, -0.05) is 6.07 Å². The Bertz CT molecular complexity index is 1190. The molecule has 0 saturated carbocycles. The maximum atomic E-state index is 13.8. The minimum atomic E-state index is -0.786. The largest absolute Gasteiger partial charge is 0.504 e. The molecule has 8 heteroatoms. The third-order valence-corrected chi connectivity index (χ3v) is 5.06. The summed E-state index contributed by atoms with van der Waals surface area (Å²) in [5.41, 5.74) is 0.349. The van der Waals surface area contributed by atoms with Gasteiger partial charge in [0, 0.05) is 13.7 Å². The lowest BCUT2D eigenvalue weighted by atomic mass is 9.98. The first kappa shape index (κ1) is 19.9. The number of carbonyl (C=O) groups excluding carboxylic acids is 1. The van der Waals surface area contributed by atoms with Gasteiger partial charge in [0.15, 0.2) is 16.9 Å². The van der Waals surface area contributed by atoms with Crippen molar-refractivity contribution in [3.05, 3.63) is 69.3 Å². The van der Waals surface area contributed by atoms with E-state index in [1.165, 1.54) is 30.2 Å². The molecule has 1 N–H and O–H groups in total. The Morgan fingerprint density at radius 1 is 1.20 bits per heavy atom. The van der Waals surface area contributed by atoms with Crippen molar-refractivity contribution in [2.75, 3.05) is 26.9 Å². The Kier molecular flexibility index (Phi) is 5.17. The van der Waals surface area contributed by atoms with Gasteiger partial charge in [-0.05, 0) is 42.8 Å². The molecule has 1 amide bonds. The van der Waals surface area contributed by atoms with E-state index < -0.39 is 23.2 Å². The monoisotopic (exact) mass is 413 g/mol. The number of nitrogens with zero attached hydrogens (tertiary/aromatic N) is 1. The number of aromatic hydroxyl groups is 1. The highest BCUT2D eigenvalue weighted by atomic mass is 19.1. The average molecular weight is 413 g/mol. The van der Waals surface area contributed by atoms with Gasteiger partial charge in [0.05, 0.1) is 30.2 Å². The van der Waals surface area contributed by atoms with Crippen molar-refractivity contribution in [2.45, 2.75) is 13.0 Å². The van der Waals surface area contributed by atoms with Crippen LogP contribution in [0.25, 0.3) is 11.0 Å². The van der Waals surface area contributed by atoms with Gasteiger partial charge in [0.25, 0.3) is 5.91 Å². The van der Waals surface area contributed by atoms with Crippen LogP contribution in [0.2, 0.25) is 0 Å². The number of hydrogen-bond donors (Lipinski definition) is 1. The molecule has 0 aliphatic carbocycles. The van der Waals surface area contributed by atoms with Gasteiger partial charge in [-0.3, -0.25) is 9.59 Å². The van der Waals surface area contributed by atoms with Gasteiger partial charge >= 0.3 is 0 Å². The predicted octanol–water partition coefficient (Wildman–Crippen LogP) is 3.23. The molecule has 0 radical (unpaired) electrons. The molecule has 1 aromatic heterocycles. The zero-order valence-corrected chi connectivity index (χ0v) is 16.5. The second-order valence-electron chi connectivity index (χ2n) is 6.87. The Morgan fingerprint density at radius 2 is 2.00 bits per heavy atom. The fraction of sp³-hybridized carbons (Fsp3) is 0.273. The first-order valence-corrected chi connectivity index (χ1v) is 9.48. The summed E-state index contributed by atoms with van der Waals surface area (Å²) in [6.45, 7) is 2.56. The second kappa shape index (κ2) is 7.79. The second-order valence-corrected chi connectivity index (χ2v) is 6.87. The SMILES string of the molecule is CCOc1cc(C2c3c(oc4ccc(F)cc4c3=O)C(=O)N2CCOC)ccc1O. The molecule has 30 heavy (non-hydrogen) atoms. The number of ether oxygens (including phenoxy) is 2. The first-order chi connectivity index (χ1) is 14.5. The third-order valence-electron chi connectivity index (χ3n) is 5.06. The highest BCUT2D eigenvalue weighted by Crippen LogP contribution is 2.40. The Morgan fingerprint density at radius 3 is 2.73 bits per heavy atom. The molecule has 7 nitrogen and oxygen atoms in total. The number of fused-ring (bicyclic) bond motifs is 2. The number of benzene rings is 2. The number of carbonyl (C=O) groups is 1. The van der Waals surface area contributed by atoms with Crippen molar-refractivity contribution in [3.63, 3.8) is 0 Å². The van der Waals surface area contributed by atoms with Crippen LogP contribution < -0.4 is 10.2 Å². The summed E-state index contributed by atoms with van der Waals surface area (Å²) >= 11 is 0. The maximum Gasteiger partial charge on any atom is 0.290 e. The number of phenols is 1. The number of hydrogen-bond acceptors (Lipinski definition) is 6. The molecule has 1 aliphatic rings. The molecule has 4 rings (SSSR count). The molecule has 156 valence electrons. The smallest absolute Gasteiger partial charge is 0.290 e. The van der Waals surface area contributed by atoms with Gasteiger partial charge in [-0.25, -0.2) is 4.39 Å². The van der Waals surface area contributed by atoms with Gasteiger partial charge in [-0.2, -0.15) is 0 Å². The molecule has 2 heterocycles. The third kappa shape index (κ3) is 3.19. The van der Waals surface area contributed by atoms with Crippen molar-refractivity contribution in [1.29, 1.82) is 0 Å². The first-order valence-electron chi connectivity index (χ1n) is 9.48. The molecule has 1 unspecified atom stereocenters. The van der Waals surface area contributed by atoms with Gasteiger partial charge in [0.1, 0.15) is 11.4 Å². The van der Waals surface area contributed by atoms with E-state index in [0.717, 1.165) is 6.07 Å². The van der Waals surface area contributed by atoms with Crippen molar-refractivity contribution in [3.8, 4) is 11.5 Å². The number of rotatable bonds is 6. The molecule has 3 aromatic rings. The van der Waals surface area contributed by atoms with E-state index >= 15 is 0 Å². The predicted molar refractivity (Wildman–Crippen MR) is 106 cm³/mol. The van der Waals surface area contributed by atoms with E-state index in [-0.39, 0.29) is 46.9 Å². The van der Waals surface area contributed by atoms with E-state index in [1.54, 1.807) is 19.1 Å². The van der Waals surface area contributed by atoms with Crippen LogP contribution in [0.3, 0.4) is 0 Å². The van der Waals surface area contributed by atoms with E-state index in [0.29, 0.717) is 12.2 Å². The highest BCUT2D eigenvalue weighted by Gasteiger charge is 2.42. The molecular formula is C22H20FNO6. The topological polar surface area (TPSA) is 89.2 Å². The summed E-state index contributed by atoms with van der Waals surface area (Å²) in [4.78, 5) is 27.9. The fourth-order valence-corrected chi connectivity index (χ4v) is 3.73. The van der Waals surface area contributed by atoms with Crippen LogP contribution in [0.1, 0.15) is 34.6 Å². The van der Waals surface area contributed by atoms with Crippen LogP contribution >= 0.6 is 0 Å². The molecular weight excluding hydrogens is 393 g/mol. The van der Waals surface area contributed by atoms with Crippen molar-refractivity contribution >= 4 is 16.9 Å². The molecule has 0 spiro atoms. The van der Waals surface area contributed by atoms with Crippen LogP contribution in [0.4, 0.5) is 4.39 Å². The lowest BCUT2D eigenvalue weighted by Gasteiger charge is -2.25. The lowest BCUT2D eigenvalue weighted by molar-refractivity contribution is 0.0663. The quantitative estimate of drug-likeness (QED) is 0.668. The normalized spacial score (nSPS) is 15.6. The summed E-state index contributed by atoms with van der Waals surface area (Å²) in [5, 5.41) is 10.1. The minimum Gasteiger partial charge on any atom is -0.504 e. The van der Waals surface area contributed by atoms with Crippen LogP contribution in [-0.4, -0.2) is 42.8 Å². The number of halogens is 1. The zero-order chi connectivity index (χ0) is 21.4. The highest BCUT2D eigenvalue weighted by molar-refractivity contribution is 5.99. The molecule has 0 fully saturated rings. The van der Waals surface area contributed by atoms with E-state index in [9.17, 15) is 19.1 Å². The number of methoxy groups -OCH3 is 1. The molecule has 1 aliphatic heterocycles. The minimum absolute atomic E-state index is 0.0544. The molecule has 0 saturated heterocycles. The zero-order valence-electron chi connectivity index (χ0n) is 16.5. The van der Waals surface area contributed by atoms with E-state index in [4.69, 9.17) is 13.9 Å². The van der Waals surface area contributed by atoms with Gasteiger partial charge < -0.3 is 23.9 Å². The molecule has 0 bridgehead atoms.